The van der Waals surface area contributed by atoms with Crippen LogP contribution in [0.2, 0.25) is 0 Å². The van der Waals surface area contributed by atoms with Gasteiger partial charge in [-0.2, -0.15) is 0 Å². The van der Waals surface area contributed by atoms with Crippen molar-refractivity contribution >= 4 is 28.8 Å². The number of aromatic nitrogens is 2. The number of likely N-dealkylation sites (N-methyl/N-ethyl adjacent to an activating group) is 2. The molecule has 9 nitrogen and oxygen atoms in total. The minimum atomic E-state index is -0.118. The molecule has 2 heterocycles. The summed E-state index contributed by atoms with van der Waals surface area (Å²) in [6.07, 6.45) is 0. The number of amides is 2. The number of anilines is 1. The van der Waals surface area contributed by atoms with E-state index in [0.29, 0.717) is 26.2 Å². The molecule has 0 radical (unpaired) electrons. The lowest BCUT2D eigenvalue weighted by atomic mass is 10.1. The number of hydrogen-bond donors (Lipinski definition) is 2. The highest BCUT2D eigenvalue weighted by Gasteiger charge is 2.27. The zero-order valence-corrected chi connectivity index (χ0v) is 22.8. The molecule has 0 spiro atoms. The maximum Gasteiger partial charge on any atom is 0.256 e. The third-order valence-electron chi connectivity index (χ3n) is 6.53. The molecule has 0 saturated heterocycles. The number of nitrogens with zero attached hydrogens (tertiary/aromatic N) is 5. The maximum absolute atomic E-state index is 13.2. The van der Waals surface area contributed by atoms with E-state index in [1.54, 1.807) is 28.3 Å². The van der Waals surface area contributed by atoms with Crippen LogP contribution in [-0.2, 0) is 22.7 Å². The quantitative estimate of drug-likeness (QED) is 0.375. The first-order valence-electron chi connectivity index (χ1n) is 12.6. The van der Waals surface area contributed by atoms with E-state index >= 15 is 0 Å². The van der Waals surface area contributed by atoms with Crippen LogP contribution >= 0.6 is 11.3 Å². The second kappa shape index (κ2) is 12.3. The second-order valence-corrected chi connectivity index (χ2v) is 10.4. The molecule has 1 aliphatic heterocycles. The zero-order chi connectivity index (χ0) is 26.4. The Kier molecular flexibility index (Phi) is 8.86. The third kappa shape index (κ3) is 6.71. The van der Waals surface area contributed by atoms with Crippen LogP contribution in [0, 0.1) is 13.8 Å². The number of carbonyl (C=O) groups is 2. The molecule has 2 aromatic carbocycles. The molecule has 0 fully saturated rings. The first-order chi connectivity index (χ1) is 17.9. The molecule has 3 aromatic rings. The van der Waals surface area contributed by atoms with Gasteiger partial charge in [0.1, 0.15) is 16.6 Å². The standard InChI is InChI=1S/C27H35N7O2S/c1-5-28-12-13-33(18-26(36)32(4)34-16-22-8-6-7-9-23(22)17-34)25(35)15-29-24-11-10-21(14-19(24)2)27-31-30-20(3)37-27/h6-11,14,28-29H,5,12-13,15-18H2,1-4H3. The van der Waals surface area contributed by atoms with Crippen molar-refractivity contribution in [2.75, 3.05) is 45.1 Å². The molecule has 196 valence electrons. The van der Waals surface area contributed by atoms with Gasteiger partial charge >= 0.3 is 0 Å². The minimum Gasteiger partial charge on any atom is -0.376 e. The molecule has 2 N–H and O–H groups in total. The molecule has 10 heteroatoms. The Morgan fingerprint density at radius 2 is 1.78 bits per heavy atom. The van der Waals surface area contributed by atoms with E-state index in [4.69, 9.17) is 0 Å². The van der Waals surface area contributed by atoms with Crippen molar-refractivity contribution in [2.45, 2.75) is 33.9 Å². The number of fused-ring (bicyclic) bond motifs is 1. The smallest absolute Gasteiger partial charge is 0.256 e. The molecule has 2 amide bonds. The molecule has 0 atom stereocenters. The molecule has 0 bridgehead atoms. The Bertz CT molecular complexity index is 1220. The van der Waals surface area contributed by atoms with Crippen LogP contribution in [-0.4, -0.2) is 76.7 Å². The van der Waals surface area contributed by atoms with Crippen LogP contribution in [0.15, 0.2) is 42.5 Å². The summed E-state index contributed by atoms with van der Waals surface area (Å²) in [6, 6.07) is 14.2. The summed E-state index contributed by atoms with van der Waals surface area (Å²) in [5, 5.41) is 20.3. The topological polar surface area (TPSA) is 93.7 Å². The first-order valence-corrected chi connectivity index (χ1v) is 13.4. The number of nitrogens with one attached hydrogen (secondary N) is 2. The van der Waals surface area contributed by atoms with Crippen molar-refractivity contribution in [2.24, 2.45) is 0 Å². The van der Waals surface area contributed by atoms with Gasteiger partial charge in [-0.15, -0.1) is 10.2 Å². The van der Waals surface area contributed by atoms with E-state index in [-0.39, 0.29) is 24.9 Å². The zero-order valence-electron chi connectivity index (χ0n) is 22.0. The van der Waals surface area contributed by atoms with Gasteiger partial charge in [-0.05, 0) is 55.3 Å². The fourth-order valence-electron chi connectivity index (χ4n) is 4.32. The molecule has 0 aliphatic carbocycles. The fourth-order valence-corrected chi connectivity index (χ4v) is 5.01. The Labute approximate surface area is 222 Å². The van der Waals surface area contributed by atoms with Crippen molar-refractivity contribution < 1.29 is 9.59 Å². The van der Waals surface area contributed by atoms with E-state index in [1.165, 1.54) is 11.1 Å². The number of carbonyl (C=O) groups excluding carboxylic acids is 2. The van der Waals surface area contributed by atoms with Gasteiger partial charge in [0.05, 0.1) is 6.54 Å². The van der Waals surface area contributed by atoms with Gasteiger partial charge in [0, 0.05) is 44.5 Å². The van der Waals surface area contributed by atoms with Crippen LogP contribution in [0.1, 0.15) is 28.6 Å². The average molecular weight is 522 g/mol. The van der Waals surface area contributed by atoms with Crippen LogP contribution < -0.4 is 10.6 Å². The molecule has 1 aromatic heterocycles. The summed E-state index contributed by atoms with van der Waals surface area (Å²) in [4.78, 5) is 28.0. The van der Waals surface area contributed by atoms with Crippen LogP contribution in [0.3, 0.4) is 0 Å². The molecule has 37 heavy (non-hydrogen) atoms. The van der Waals surface area contributed by atoms with E-state index in [0.717, 1.165) is 33.4 Å². The number of hydrogen-bond acceptors (Lipinski definition) is 8. The summed E-state index contributed by atoms with van der Waals surface area (Å²) in [7, 11) is 1.78. The highest BCUT2D eigenvalue weighted by molar-refractivity contribution is 7.14. The fraction of sp³-hybridized carbons (Fsp3) is 0.407. The summed E-state index contributed by atoms with van der Waals surface area (Å²) >= 11 is 1.55. The van der Waals surface area contributed by atoms with Crippen molar-refractivity contribution in [1.82, 2.24) is 30.4 Å². The molecular weight excluding hydrogens is 486 g/mol. The number of rotatable bonds is 11. The molecule has 0 unspecified atom stereocenters. The largest absolute Gasteiger partial charge is 0.376 e. The molecule has 4 rings (SSSR count). The minimum absolute atomic E-state index is 0.0313. The predicted molar refractivity (Wildman–Crippen MR) is 147 cm³/mol. The van der Waals surface area contributed by atoms with Gasteiger partial charge in [-0.1, -0.05) is 42.5 Å². The first kappa shape index (κ1) is 26.7. The summed E-state index contributed by atoms with van der Waals surface area (Å²) < 4.78 is 0. The number of hydrazine groups is 1. The Morgan fingerprint density at radius 3 is 2.41 bits per heavy atom. The lowest BCUT2D eigenvalue weighted by Crippen LogP contribution is -2.49. The molecule has 1 aliphatic rings. The summed E-state index contributed by atoms with van der Waals surface area (Å²) in [5.41, 5.74) is 5.36. The van der Waals surface area contributed by atoms with Crippen LogP contribution in [0.5, 0.6) is 0 Å². The van der Waals surface area contributed by atoms with Gasteiger partial charge in [-0.3, -0.25) is 14.6 Å². The monoisotopic (exact) mass is 521 g/mol. The lowest BCUT2D eigenvalue weighted by Gasteiger charge is -2.31. The van der Waals surface area contributed by atoms with Gasteiger partial charge in [-0.25, -0.2) is 5.01 Å². The second-order valence-electron chi connectivity index (χ2n) is 9.19. The summed E-state index contributed by atoms with van der Waals surface area (Å²) in [5.74, 6) is -0.224. The number of aryl methyl sites for hydroxylation is 2. The van der Waals surface area contributed by atoms with E-state index in [1.807, 2.05) is 56.1 Å². The average Bonchev–Trinajstić information content (AvgIpc) is 3.53. The maximum atomic E-state index is 13.2. The molecule has 0 saturated carbocycles. The highest BCUT2D eigenvalue weighted by atomic mass is 32.1. The van der Waals surface area contributed by atoms with Gasteiger partial charge in [0.2, 0.25) is 5.91 Å². The van der Waals surface area contributed by atoms with E-state index in [2.05, 4.69) is 33.0 Å². The highest BCUT2D eigenvalue weighted by Crippen LogP contribution is 2.27. The SMILES string of the molecule is CCNCCN(CC(=O)N(C)N1Cc2ccccc2C1)C(=O)CNc1ccc(-c2nnc(C)s2)cc1C. The Morgan fingerprint density at radius 1 is 1.05 bits per heavy atom. The normalized spacial score (nSPS) is 12.9. The van der Waals surface area contributed by atoms with Gasteiger partial charge in [0.15, 0.2) is 0 Å². The van der Waals surface area contributed by atoms with Crippen molar-refractivity contribution in [3.8, 4) is 10.6 Å². The van der Waals surface area contributed by atoms with Gasteiger partial charge < -0.3 is 15.5 Å². The summed E-state index contributed by atoms with van der Waals surface area (Å²) in [6.45, 7) is 9.37. The third-order valence-corrected chi connectivity index (χ3v) is 7.41. The predicted octanol–water partition coefficient (Wildman–Crippen LogP) is 3.06. The van der Waals surface area contributed by atoms with Crippen molar-refractivity contribution in [3.63, 3.8) is 0 Å². The number of benzene rings is 2. The Hall–Kier alpha value is -3.34. The van der Waals surface area contributed by atoms with E-state index < -0.39 is 0 Å². The molecular formula is C27H35N7O2S. The lowest BCUT2D eigenvalue weighted by molar-refractivity contribution is -0.151. The van der Waals surface area contributed by atoms with Crippen molar-refractivity contribution in [3.05, 3.63) is 64.2 Å². The van der Waals surface area contributed by atoms with Crippen LogP contribution in [0.25, 0.3) is 10.6 Å². The van der Waals surface area contributed by atoms with Crippen molar-refractivity contribution in [1.29, 1.82) is 0 Å². The van der Waals surface area contributed by atoms with E-state index in [9.17, 15) is 9.59 Å². The van der Waals surface area contributed by atoms with Crippen LogP contribution in [0.4, 0.5) is 5.69 Å². The Balaban J connectivity index is 1.36. The van der Waals surface area contributed by atoms with Gasteiger partial charge in [0.25, 0.3) is 5.91 Å².